The zero-order valence-corrected chi connectivity index (χ0v) is 14.0. The Balaban J connectivity index is 1.62. The van der Waals surface area contributed by atoms with Gasteiger partial charge >= 0.3 is 11.8 Å². The van der Waals surface area contributed by atoms with Crippen molar-refractivity contribution >= 4 is 28.8 Å². The number of aromatic nitrogens is 1. The van der Waals surface area contributed by atoms with Crippen LogP contribution in [0.4, 0.5) is 5.69 Å². The molecular weight excluding hydrogens is 326 g/mol. The molecule has 2 amide bonds. The van der Waals surface area contributed by atoms with E-state index in [4.69, 9.17) is 4.74 Å². The molecule has 0 radical (unpaired) electrons. The molecule has 2 aromatic heterocycles. The predicted octanol–water partition coefficient (Wildman–Crippen LogP) is 1.95. The van der Waals surface area contributed by atoms with Crippen LogP contribution < -0.4 is 10.6 Å². The molecular formula is C17H19N3O3S. The molecule has 2 N–H and O–H groups in total. The third-order valence-electron chi connectivity index (χ3n) is 4.21. The van der Waals surface area contributed by atoms with Crippen LogP contribution in [0.2, 0.25) is 0 Å². The molecule has 0 bridgehead atoms. The van der Waals surface area contributed by atoms with E-state index in [0.29, 0.717) is 25.4 Å². The van der Waals surface area contributed by atoms with Crippen LogP contribution in [0.1, 0.15) is 17.7 Å². The topological polar surface area (TPSA) is 80.3 Å². The number of nitrogens with one attached hydrogen (secondary N) is 2. The lowest BCUT2D eigenvalue weighted by molar-refractivity contribution is -0.136. The van der Waals surface area contributed by atoms with E-state index >= 15 is 0 Å². The van der Waals surface area contributed by atoms with Gasteiger partial charge in [0, 0.05) is 36.2 Å². The van der Waals surface area contributed by atoms with Crippen molar-refractivity contribution in [1.82, 2.24) is 10.3 Å². The van der Waals surface area contributed by atoms with E-state index in [9.17, 15) is 9.59 Å². The standard InChI is InChI=1S/C17H19N3O3S/c21-15(16(22)20-13-3-1-7-18-11-13)19-12-17(5-8-23-9-6-17)14-4-2-10-24-14/h1-4,7,10-11H,5-6,8-9,12H2,(H,19,21)(H,20,22). The SMILES string of the molecule is O=C(NCC1(c2cccs2)CCOCC1)C(=O)Nc1cccnc1. The summed E-state index contributed by atoms with van der Waals surface area (Å²) < 4.78 is 5.46. The van der Waals surface area contributed by atoms with E-state index in [2.05, 4.69) is 21.7 Å². The first-order chi connectivity index (χ1) is 11.7. The molecule has 0 unspecified atom stereocenters. The summed E-state index contributed by atoms with van der Waals surface area (Å²) >= 11 is 1.68. The van der Waals surface area contributed by atoms with E-state index in [0.717, 1.165) is 12.8 Å². The van der Waals surface area contributed by atoms with Crippen LogP contribution in [0, 0.1) is 0 Å². The molecule has 1 aliphatic heterocycles. The van der Waals surface area contributed by atoms with Gasteiger partial charge in [-0.25, -0.2) is 0 Å². The van der Waals surface area contributed by atoms with Crippen molar-refractivity contribution in [2.45, 2.75) is 18.3 Å². The molecule has 0 spiro atoms. The molecule has 6 nitrogen and oxygen atoms in total. The van der Waals surface area contributed by atoms with Gasteiger partial charge in [-0.1, -0.05) is 6.07 Å². The van der Waals surface area contributed by atoms with Crippen LogP contribution in [0.25, 0.3) is 0 Å². The van der Waals surface area contributed by atoms with Crippen molar-refractivity contribution in [3.8, 4) is 0 Å². The van der Waals surface area contributed by atoms with E-state index < -0.39 is 11.8 Å². The van der Waals surface area contributed by atoms with Crippen LogP contribution >= 0.6 is 11.3 Å². The van der Waals surface area contributed by atoms with Crippen molar-refractivity contribution in [2.24, 2.45) is 0 Å². The molecule has 0 saturated carbocycles. The van der Waals surface area contributed by atoms with Crippen LogP contribution in [0.5, 0.6) is 0 Å². The number of nitrogens with zero attached hydrogens (tertiary/aromatic N) is 1. The summed E-state index contributed by atoms with van der Waals surface area (Å²) in [4.78, 5) is 29.3. The maximum Gasteiger partial charge on any atom is 0.313 e. The van der Waals surface area contributed by atoms with Crippen molar-refractivity contribution < 1.29 is 14.3 Å². The van der Waals surface area contributed by atoms with E-state index in [1.807, 2.05) is 11.4 Å². The maximum atomic E-state index is 12.1. The molecule has 1 saturated heterocycles. The first kappa shape index (κ1) is 16.6. The molecule has 1 fully saturated rings. The van der Waals surface area contributed by atoms with Gasteiger partial charge in [0.1, 0.15) is 0 Å². The van der Waals surface area contributed by atoms with Gasteiger partial charge in [-0.2, -0.15) is 0 Å². The van der Waals surface area contributed by atoms with Crippen molar-refractivity contribution in [3.63, 3.8) is 0 Å². The molecule has 0 aliphatic carbocycles. The van der Waals surface area contributed by atoms with Crippen molar-refractivity contribution in [1.29, 1.82) is 0 Å². The van der Waals surface area contributed by atoms with E-state index in [-0.39, 0.29) is 5.41 Å². The fourth-order valence-corrected chi connectivity index (χ4v) is 3.79. The van der Waals surface area contributed by atoms with E-state index in [1.54, 1.807) is 29.7 Å². The van der Waals surface area contributed by atoms with Gasteiger partial charge in [-0.15, -0.1) is 11.3 Å². The number of rotatable bonds is 4. The van der Waals surface area contributed by atoms with Gasteiger partial charge in [-0.3, -0.25) is 14.6 Å². The Labute approximate surface area is 144 Å². The smallest absolute Gasteiger partial charge is 0.313 e. The number of carbonyl (C=O) groups is 2. The fourth-order valence-electron chi connectivity index (χ4n) is 2.81. The molecule has 0 aromatic carbocycles. The number of hydrogen-bond donors (Lipinski definition) is 2. The zero-order chi connectivity index (χ0) is 16.8. The summed E-state index contributed by atoms with van der Waals surface area (Å²) in [5, 5.41) is 7.35. The number of carbonyl (C=O) groups excluding carboxylic acids is 2. The van der Waals surface area contributed by atoms with Gasteiger partial charge in [-0.05, 0) is 36.4 Å². The third-order valence-corrected chi connectivity index (χ3v) is 5.32. The zero-order valence-electron chi connectivity index (χ0n) is 13.2. The average Bonchev–Trinajstić information content (AvgIpc) is 3.17. The summed E-state index contributed by atoms with van der Waals surface area (Å²) in [6.45, 7) is 1.75. The Bertz CT molecular complexity index is 682. The number of anilines is 1. The minimum atomic E-state index is -0.684. The number of pyridine rings is 1. The largest absolute Gasteiger partial charge is 0.381 e. The second-order valence-electron chi connectivity index (χ2n) is 5.75. The highest BCUT2D eigenvalue weighted by atomic mass is 32.1. The van der Waals surface area contributed by atoms with Gasteiger partial charge in [0.15, 0.2) is 0 Å². The Hall–Kier alpha value is -2.25. The number of hydrogen-bond acceptors (Lipinski definition) is 5. The van der Waals surface area contributed by atoms with Gasteiger partial charge in [0.2, 0.25) is 0 Å². The average molecular weight is 345 g/mol. The Morgan fingerprint density at radius 2 is 2.04 bits per heavy atom. The fraction of sp³-hybridized carbons (Fsp3) is 0.353. The highest BCUT2D eigenvalue weighted by molar-refractivity contribution is 7.10. The molecule has 1 aliphatic rings. The van der Waals surface area contributed by atoms with Gasteiger partial charge < -0.3 is 15.4 Å². The molecule has 7 heteroatoms. The van der Waals surface area contributed by atoms with Crippen LogP contribution in [0.15, 0.2) is 42.0 Å². The van der Waals surface area contributed by atoms with Gasteiger partial charge in [0.05, 0.1) is 11.9 Å². The normalized spacial score (nSPS) is 16.3. The number of amides is 2. The lowest BCUT2D eigenvalue weighted by Crippen LogP contribution is -2.46. The van der Waals surface area contributed by atoms with Crippen molar-refractivity contribution in [3.05, 3.63) is 46.9 Å². The summed E-state index contributed by atoms with van der Waals surface area (Å²) in [5.41, 5.74) is 0.341. The quantitative estimate of drug-likeness (QED) is 0.830. The lowest BCUT2D eigenvalue weighted by Gasteiger charge is -2.36. The lowest BCUT2D eigenvalue weighted by atomic mass is 9.78. The molecule has 0 atom stereocenters. The molecule has 3 heterocycles. The van der Waals surface area contributed by atoms with E-state index in [1.165, 1.54) is 11.1 Å². The molecule has 3 rings (SSSR count). The summed E-state index contributed by atoms with van der Waals surface area (Å²) in [6.07, 6.45) is 4.76. The molecule has 2 aromatic rings. The first-order valence-electron chi connectivity index (χ1n) is 7.81. The molecule has 24 heavy (non-hydrogen) atoms. The minimum Gasteiger partial charge on any atom is -0.381 e. The second-order valence-corrected chi connectivity index (χ2v) is 6.70. The summed E-state index contributed by atoms with van der Waals surface area (Å²) in [7, 11) is 0. The summed E-state index contributed by atoms with van der Waals surface area (Å²) in [5.74, 6) is -1.32. The van der Waals surface area contributed by atoms with Crippen LogP contribution in [0.3, 0.4) is 0 Å². The van der Waals surface area contributed by atoms with Gasteiger partial charge in [0.25, 0.3) is 0 Å². The summed E-state index contributed by atoms with van der Waals surface area (Å²) in [6, 6.07) is 7.47. The highest BCUT2D eigenvalue weighted by Crippen LogP contribution is 2.36. The van der Waals surface area contributed by atoms with Crippen LogP contribution in [-0.2, 0) is 19.7 Å². The number of ether oxygens (including phenoxy) is 1. The number of thiophene rings is 1. The molecule has 126 valence electrons. The minimum absolute atomic E-state index is 0.156. The second kappa shape index (κ2) is 7.55. The van der Waals surface area contributed by atoms with Crippen molar-refractivity contribution in [2.75, 3.05) is 25.1 Å². The third kappa shape index (κ3) is 3.80. The maximum absolute atomic E-state index is 12.1. The Morgan fingerprint density at radius 3 is 2.71 bits per heavy atom. The Kier molecular flexibility index (Phi) is 5.22. The van der Waals surface area contributed by atoms with Crippen LogP contribution in [-0.4, -0.2) is 36.6 Å². The first-order valence-corrected chi connectivity index (χ1v) is 8.69. The predicted molar refractivity (Wildman–Crippen MR) is 91.9 cm³/mol. The Morgan fingerprint density at radius 1 is 1.21 bits per heavy atom. The monoisotopic (exact) mass is 345 g/mol. The highest BCUT2D eigenvalue weighted by Gasteiger charge is 2.36.